The van der Waals surface area contributed by atoms with Gasteiger partial charge in [-0.05, 0) is 37.2 Å². The molecular formula is C16H20N4OS2. The van der Waals surface area contributed by atoms with Crippen LogP contribution in [0.3, 0.4) is 0 Å². The second-order valence-electron chi connectivity index (χ2n) is 6.30. The molecule has 3 heterocycles. The molecule has 5 nitrogen and oxygen atoms in total. The molecule has 23 heavy (non-hydrogen) atoms. The van der Waals surface area contributed by atoms with E-state index in [2.05, 4.69) is 22.2 Å². The fourth-order valence-electron chi connectivity index (χ4n) is 3.21. The van der Waals surface area contributed by atoms with Crippen LogP contribution < -0.4 is 10.9 Å². The lowest BCUT2D eigenvalue weighted by Gasteiger charge is -2.17. The zero-order valence-corrected chi connectivity index (χ0v) is 14.8. The number of nitrogens with zero attached hydrogens (tertiary/aromatic N) is 2. The Morgan fingerprint density at radius 2 is 2.35 bits per heavy atom. The fourth-order valence-corrected chi connectivity index (χ4v) is 5.41. The van der Waals surface area contributed by atoms with Gasteiger partial charge in [-0.2, -0.15) is 0 Å². The molecule has 7 heteroatoms. The Morgan fingerprint density at radius 3 is 3.17 bits per heavy atom. The molecule has 2 aromatic rings. The standard InChI is InChI=1S/C16H20N4OS2/c1-9-3-4-10-11(7-9)23-15-13(10)14(21)19-12(20-15)8-22-16-17-5-2-6-18-16/h9H,2-8H2,1H3,(H,17,18)(H,19,20,21)/t9-/m1/s1. The summed E-state index contributed by atoms with van der Waals surface area (Å²) in [6, 6.07) is 0. The minimum Gasteiger partial charge on any atom is -0.365 e. The lowest BCUT2D eigenvalue weighted by molar-refractivity contribution is 0.509. The maximum absolute atomic E-state index is 12.5. The van der Waals surface area contributed by atoms with Gasteiger partial charge in [-0.15, -0.1) is 11.3 Å². The van der Waals surface area contributed by atoms with Gasteiger partial charge in [0.2, 0.25) is 0 Å². The summed E-state index contributed by atoms with van der Waals surface area (Å²) in [5, 5.41) is 5.07. The van der Waals surface area contributed by atoms with Crippen LogP contribution in [-0.4, -0.2) is 28.2 Å². The van der Waals surface area contributed by atoms with Gasteiger partial charge in [-0.1, -0.05) is 18.7 Å². The smallest absolute Gasteiger partial charge is 0.259 e. The molecule has 0 radical (unpaired) electrons. The summed E-state index contributed by atoms with van der Waals surface area (Å²) >= 11 is 3.32. The van der Waals surface area contributed by atoms with Gasteiger partial charge in [0.1, 0.15) is 10.7 Å². The van der Waals surface area contributed by atoms with Crippen molar-refractivity contribution in [2.75, 3.05) is 13.1 Å². The lowest BCUT2D eigenvalue weighted by Crippen LogP contribution is -2.27. The van der Waals surface area contributed by atoms with Crippen LogP contribution >= 0.6 is 23.1 Å². The van der Waals surface area contributed by atoms with Gasteiger partial charge in [-0.3, -0.25) is 9.79 Å². The summed E-state index contributed by atoms with van der Waals surface area (Å²) in [4.78, 5) is 26.9. The van der Waals surface area contributed by atoms with Gasteiger partial charge in [0.05, 0.1) is 11.1 Å². The van der Waals surface area contributed by atoms with Gasteiger partial charge in [-0.25, -0.2) is 4.98 Å². The Morgan fingerprint density at radius 1 is 1.43 bits per heavy atom. The third-order valence-corrected chi connectivity index (χ3v) is 6.54. The molecule has 4 rings (SSSR count). The van der Waals surface area contributed by atoms with Crippen LogP contribution in [-0.2, 0) is 18.6 Å². The number of aromatic nitrogens is 2. The first-order chi connectivity index (χ1) is 11.2. The molecule has 0 fully saturated rings. The Balaban J connectivity index is 1.62. The van der Waals surface area contributed by atoms with E-state index < -0.39 is 0 Å². The maximum Gasteiger partial charge on any atom is 0.259 e. The number of aryl methyl sites for hydroxylation is 1. The molecule has 0 aromatic carbocycles. The molecule has 0 saturated carbocycles. The molecule has 2 aromatic heterocycles. The summed E-state index contributed by atoms with van der Waals surface area (Å²) in [6.07, 6.45) is 4.35. The van der Waals surface area contributed by atoms with E-state index in [0.29, 0.717) is 11.7 Å². The average Bonchev–Trinajstić information content (AvgIpc) is 2.91. The number of amidine groups is 1. The number of H-pyrrole nitrogens is 1. The van der Waals surface area contributed by atoms with E-state index in [0.717, 1.165) is 53.6 Å². The van der Waals surface area contributed by atoms with Crippen molar-refractivity contribution in [2.24, 2.45) is 10.9 Å². The highest BCUT2D eigenvalue weighted by Crippen LogP contribution is 2.35. The van der Waals surface area contributed by atoms with E-state index in [4.69, 9.17) is 4.98 Å². The second kappa shape index (κ2) is 6.28. The maximum atomic E-state index is 12.5. The molecule has 122 valence electrons. The monoisotopic (exact) mass is 348 g/mol. The molecule has 0 amide bonds. The normalized spacial score (nSPS) is 20.9. The largest absolute Gasteiger partial charge is 0.365 e. The van der Waals surface area contributed by atoms with E-state index in [1.54, 1.807) is 23.1 Å². The van der Waals surface area contributed by atoms with Crippen LogP contribution in [0.2, 0.25) is 0 Å². The number of nitrogens with one attached hydrogen (secondary N) is 2. The van der Waals surface area contributed by atoms with Crippen LogP contribution in [0.4, 0.5) is 0 Å². The minimum absolute atomic E-state index is 0.0243. The number of rotatable bonds is 2. The Kier molecular flexibility index (Phi) is 4.15. The van der Waals surface area contributed by atoms with Crippen molar-refractivity contribution in [3.63, 3.8) is 0 Å². The SMILES string of the molecule is C[C@@H]1CCc2c(sc3nc(CSC4=NCCCN4)[nH]c(=O)c23)C1. The lowest BCUT2D eigenvalue weighted by atomic mass is 9.89. The van der Waals surface area contributed by atoms with Crippen molar-refractivity contribution in [3.8, 4) is 0 Å². The summed E-state index contributed by atoms with van der Waals surface area (Å²) < 4.78 is 0. The van der Waals surface area contributed by atoms with Gasteiger partial charge in [0, 0.05) is 18.0 Å². The van der Waals surface area contributed by atoms with Crippen LogP contribution in [0.15, 0.2) is 9.79 Å². The van der Waals surface area contributed by atoms with E-state index in [-0.39, 0.29) is 5.56 Å². The van der Waals surface area contributed by atoms with Crippen molar-refractivity contribution >= 4 is 38.5 Å². The van der Waals surface area contributed by atoms with E-state index in [1.807, 2.05) is 0 Å². The summed E-state index contributed by atoms with van der Waals surface area (Å²) in [5.74, 6) is 2.10. The average molecular weight is 348 g/mol. The number of aromatic amines is 1. The van der Waals surface area contributed by atoms with Crippen molar-refractivity contribution < 1.29 is 0 Å². The van der Waals surface area contributed by atoms with E-state index in [9.17, 15) is 4.79 Å². The topological polar surface area (TPSA) is 70.1 Å². The Bertz CT molecular complexity index is 823. The van der Waals surface area contributed by atoms with Crippen LogP contribution in [0.25, 0.3) is 10.2 Å². The first-order valence-corrected chi connectivity index (χ1v) is 9.95. The zero-order valence-electron chi connectivity index (χ0n) is 13.1. The molecule has 0 bridgehead atoms. The van der Waals surface area contributed by atoms with Crippen molar-refractivity contribution in [2.45, 2.75) is 38.4 Å². The van der Waals surface area contributed by atoms with Crippen molar-refractivity contribution in [1.29, 1.82) is 0 Å². The highest BCUT2D eigenvalue weighted by molar-refractivity contribution is 8.13. The molecule has 2 N–H and O–H groups in total. The van der Waals surface area contributed by atoms with Gasteiger partial charge in [0.25, 0.3) is 5.56 Å². The van der Waals surface area contributed by atoms with Gasteiger partial charge >= 0.3 is 0 Å². The quantitative estimate of drug-likeness (QED) is 0.875. The van der Waals surface area contributed by atoms with Crippen molar-refractivity contribution in [1.82, 2.24) is 15.3 Å². The van der Waals surface area contributed by atoms with E-state index in [1.165, 1.54) is 16.9 Å². The zero-order chi connectivity index (χ0) is 15.8. The highest BCUT2D eigenvalue weighted by Gasteiger charge is 2.23. The Labute approximate surface area is 143 Å². The first-order valence-electron chi connectivity index (χ1n) is 8.15. The number of hydrogen-bond donors (Lipinski definition) is 2. The summed E-state index contributed by atoms with van der Waals surface area (Å²) in [5.41, 5.74) is 1.27. The number of fused-ring (bicyclic) bond motifs is 3. The predicted molar refractivity (Wildman–Crippen MR) is 97.6 cm³/mol. The number of thiophene rings is 1. The molecule has 0 saturated heterocycles. The molecular weight excluding hydrogens is 328 g/mol. The number of aliphatic imine (C=N–C) groups is 1. The Hall–Kier alpha value is -1.34. The molecule has 0 unspecified atom stereocenters. The number of hydrogen-bond acceptors (Lipinski definition) is 6. The second-order valence-corrected chi connectivity index (χ2v) is 8.35. The van der Waals surface area contributed by atoms with Crippen LogP contribution in [0.1, 0.15) is 36.0 Å². The summed E-state index contributed by atoms with van der Waals surface area (Å²) in [6.45, 7) is 4.14. The fraction of sp³-hybridized carbons (Fsp3) is 0.562. The molecule has 1 aliphatic carbocycles. The number of thioether (sulfide) groups is 1. The van der Waals surface area contributed by atoms with Crippen molar-refractivity contribution in [3.05, 3.63) is 26.6 Å². The molecule has 1 atom stereocenters. The molecule has 2 aliphatic rings. The summed E-state index contributed by atoms with van der Waals surface area (Å²) in [7, 11) is 0. The minimum atomic E-state index is 0.0243. The van der Waals surface area contributed by atoms with Crippen LogP contribution in [0.5, 0.6) is 0 Å². The third-order valence-electron chi connectivity index (χ3n) is 4.43. The van der Waals surface area contributed by atoms with Gasteiger partial charge in [0.15, 0.2) is 5.17 Å². The highest BCUT2D eigenvalue weighted by atomic mass is 32.2. The molecule has 0 spiro atoms. The van der Waals surface area contributed by atoms with Gasteiger partial charge < -0.3 is 10.3 Å². The first kappa shape index (κ1) is 15.2. The third kappa shape index (κ3) is 3.04. The predicted octanol–water partition coefficient (Wildman–Crippen LogP) is 2.69. The molecule has 1 aliphatic heterocycles. The van der Waals surface area contributed by atoms with E-state index >= 15 is 0 Å². The van der Waals surface area contributed by atoms with Crippen LogP contribution in [0, 0.1) is 5.92 Å².